The number of sulfonamides is 1. The molecule has 1 aromatic carbocycles. The van der Waals surface area contributed by atoms with Crippen LogP contribution in [0.5, 0.6) is 0 Å². The molecule has 0 amide bonds. The van der Waals surface area contributed by atoms with Crippen LogP contribution >= 0.6 is 0 Å². The Labute approximate surface area is 169 Å². The summed E-state index contributed by atoms with van der Waals surface area (Å²) >= 11 is 0. The third kappa shape index (κ3) is 4.06. The number of fused-ring (bicyclic) bond motifs is 1. The minimum Gasteiger partial charge on any atom is -0.261 e. The number of nitrogens with zero attached hydrogens (tertiary/aromatic N) is 2. The van der Waals surface area contributed by atoms with Crippen LogP contribution in [0.25, 0.3) is 6.08 Å². The molecule has 0 N–H and O–H groups in total. The summed E-state index contributed by atoms with van der Waals surface area (Å²) in [6.07, 6.45) is 8.97. The van der Waals surface area contributed by atoms with E-state index in [1.165, 1.54) is 28.5 Å². The van der Waals surface area contributed by atoms with Gasteiger partial charge in [0, 0.05) is 25.2 Å². The van der Waals surface area contributed by atoms with Gasteiger partial charge in [0.2, 0.25) is 10.0 Å². The van der Waals surface area contributed by atoms with Crippen molar-refractivity contribution in [1.29, 1.82) is 0 Å². The molecule has 0 radical (unpaired) electrons. The van der Waals surface area contributed by atoms with Crippen molar-refractivity contribution in [2.75, 3.05) is 19.3 Å². The Kier molecular flexibility index (Phi) is 6.06. The average molecular weight is 399 g/mol. The fraction of sp³-hybridized carbons (Fsp3) is 0.435. The molecular weight excluding hydrogens is 368 g/mol. The van der Waals surface area contributed by atoms with Crippen molar-refractivity contribution in [3.63, 3.8) is 0 Å². The molecule has 1 fully saturated rings. The van der Waals surface area contributed by atoms with Crippen molar-refractivity contribution in [2.45, 2.75) is 39.5 Å². The number of hydrogen-bond acceptors (Lipinski definition) is 3. The Bertz CT molecular complexity index is 962. The maximum absolute atomic E-state index is 11.9. The smallest absolute Gasteiger partial charge is 0.211 e. The summed E-state index contributed by atoms with van der Waals surface area (Å²) in [5, 5.41) is 0. The van der Waals surface area contributed by atoms with Gasteiger partial charge in [0.1, 0.15) is 0 Å². The highest BCUT2D eigenvalue weighted by Crippen LogP contribution is 2.42. The van der Waals surface area contributed by atoms with Crippen LogP contribution in [0.1, 0.15) is 49.3 Å². The largest absolute Gasteiger partial charge is 0.261 e. The first-order valence-corrected chi connectivity index (χ1v) is 11.7. The van der Waals surface area contributed by atoms with E-state index >= 15 is 0 Å². The molecule has 1 aromatic rings. The molecule has 0 spiro atoms. The van der Waals surface area contributed by atoms with E-state index in [9.17, 15) is 8.42 Å². The number of allylic oxidation sites excluding steroid dienone is 3. The molecule has 1 heterocycles. The summed E-state index contributed by atoms with van der Waals surface area (Å²) < 4.78 is 25.5. The van der Waals surface area contributed by atoms with E-state index in [0.29, 0.717) is 19.0 Å². The quantitative estimate of drug-likeness (QED) is 0.741. The predicted molar refractivity (Wildman–Crippen MR) is 118 cm³/mol. The predicted octanol–water partition coefficient (Wildman–Crippen LogP) is 4.70. The van der Waals surface area contributed by atoms with Crippen LogP contribution in [-0.4, -0.2) is 37.8 Å². The highest BCUT2D eigenvalue weighted by Gasteiger charge is 2.36. The van der Waals surface area contributed by atoms with E-state index in [4.69, 9.17) is 4.99 Å². The van der Waals surface area contributed by atoms with Gasteiger partial charge in [0.15, 0.2) is 0 Å². The Morgan fingerprint density at radius 3 is 2.46 bits per heavy atom. The minimum absolute atomic E-state index is 0.134. The van der Waals surface area contributed by atoms with Crippen molar-refractivity contribution in [1.82, 2.24) is 4.31 Å². The SMILES string of the molecule is C=CN=C1/C(=C\C)C(C)=Cc2cc(C)ccc2C1C1CCN(S(C)(=O)=O)CC1. The average Bonchev–Trinajstić information content (AvgIpc) is 2.74. The van der Waals surface area contributed by atoms with Crippen LogP contribution in [0.2, 0.25) is 0 Å². The van der Waals surface area contributed by atoms with Crippen molar-refractivity contribution < 1.29 is 8.42 Å². The number of hydrogen-bond donors (Lipinski definition) is 0. The Morgan fingerprint density at radius 1 is 1.21 bits per heavy atom. The molecule has 150 valence electrons. The summed E-state index contributed by atoms with van der Waals surface area (Å²) in [5.41, 5.74) is 7.16. The standard InChI is InChI=1S/C23H30N2O2S/c1-6-20-17(4)15-19-14-16(3)8-9-21(19)22(23(20)24-7-2)18-10-12-25(13-11-18)28(5,26)27/h6-9,14-15,18,22H,2,10-13H2,1,3-5H3/b20-6-,24-23?. The molecule has 1 aliphatic carbocycles. The highest BCUT2D eigenvalue weighted by atomic mass is 32.2. The Hall–Kier alpha value is -1.98. The third-order valence-electron chi connectivity index (χ3n) is 5.90. The Morgan fingerprint density at radius 2 is 1.89 bits per heavy atom. The molecular formula is C23H30N2O2S. The van der Waals surface area contributed by atoms with Crippen LogP contribution < -0.4 is 0 Å². The molecule has 1 aliphatic heterocycles. The maximum atomic E-state index is 11.9. The zero-order valence-corrected chi connectivity index (χ0v) is 18.1. The minimum atomic E-state index is -3.14. The van der Waals surface area contributed by atoms with Gasteiger partial charge in [0.25, 0.3) is 0 Å². The number of piperidine rings is 1. The number of rotatable bonds is 3. The van der Waals surface area contributed by atoms with Crippen molar-refractivity contribution in [2.24, 2.45) is 10.9 Å². The van der Waals surface area contributed by atoms with Crippen molar-refractivity contribution in [3.8, 4) is 0 Å². The number of aryl methyl sites for hydroxylation is 1. The van der Waals surface area contributed by atoms with E-state index in [-0.39, 0.29) is 5.92 Å². The lowest BCUT2D eigenvalue weighted by Crippen LogP contribution is -2.40. The maximum Gasteiger partial charge on any atom is 0.211 e. The van der Waals surface area contributed by atoms with Gasteiger partial charge in [-0.3, -0.25) is 4.99 Å². The van der Waals surface area contributed by atoms with Crippen LogP contribution in [-0.2, 0) is 10.0 Å². The molecule has 1 saturated heterocycles. The first-order valence-electron chi connectivity index (χ1n) is 9.86. The topological polar surface area (TPSA) is 49.7 Å². The van der Waals surface area contributed by atoms with E-state index in [0.717, 1.165) is 24.1 Å². The summed E-state index contributed by atoms with van der Waals surface area (Å²) in [7, 11) is -3.14. The fourth-order valence-corrected chi connectivity index (χ4v) is 5.45. The number of benzene rings is 1. The lowest BCUT2D eigenvalue weighted by Gasteiger charge is -2.36. The van der Waals surface area contributed by atoms with Crippen LogP contribution in [0.3, 0.4) is 0 Å². The molecule has 3 rings (SSSR count). The van der Waals surface area contributed by atoms with Crippen molar-refractivity contribution in [3.05, 3.63) is 64.9 Å². The van der Waals surface area contributed by atoms with Crippen molar-refractivity contribution >= 4 is 21.8 Å². The molecule has 0 bridgehead atoms. The number of aliphatic imine (C=N–C) groups is 1. The van der Waals surface area contributed by atoms with E-state index < -0.39 is 10.0 Å². The first kappa shape index (κ1) is 20.7. The lowest BCUT2D eigenvalue weighted by molar-refractivity contribution is 0.265. The van der Waals surface area contributed by atoms with Gasteiger partial charge in [-0.15, -0.1) is 0 Å². The molecule has 5 heteroatoms. The van der Waals surface area contributed by atoms with E-state index in [2.05, 4.69) is 57.7 Å². The van der Waals surface area contributed by atoms with Gasteiger partial charge in [-0.05, 0) is 61.8 Å². The summed E-state index contributed by atoms with van der Waals surface area (Å²) in [5.74, 6) is 0.475. The molecule has 0 aromatic heterocycles. The normalized spacial score (nSPS) is 24.7. The monoisotopic (exact) mass is 398 g/mol. The van der Waals surface area contributed by atoms with E-state index in [1.807, 2.05) is 0 Å². The fourth-order valence-electron chi connectivity index (χ4n) is 4.57. The second-order valence-electron chi connectivity index (χ2n) is 7.84. The molecule has 0 saturated carbocycles. The highest BCUT2D eigenvalue weighted by molar-refractivity contribution is 7.88. The summed E-state index contributed by atoms with van der Waals surface area (Å²) in [6, 6.07) is 6.62. The molecule has 28 heavy (non-hydrogen) atoms. The third-order valence-corrected chi connectivity index (χ3v) is 7.21. The molecule has 4 nitrogen and oxygen atoms in total. The van der Waals surface area contributed by atoms with Gasteiger partial charge < -0.3 is 0 Å². The summed E-state index contributed by atoms with van der Waals surface area (Å²) in [4.78, 5) is 4.73. The van der Waals surface area contributed by atoms with Gasteiger partial charge >= 0.3 is 0 Å². The van der Waals surface area contributed by atoms with Crippen LogP contribution in [0.15, 0.2) is 53.2 Å². The molecule has 1 unspecified atom stereocenters. The second-order valence-corrected chi connectivity index (χ2v) is 9.82. The van der Waals surface area contributed by atoms with E-state index in [1.54, 1.807) is 10.5 Å². The van der Waals surface area contributed by atoms with Gasteiger partial charge in [-0.1, -0.05) is 42.5 Å². The van der Waals surface area contributed by atoms with Gasteiger partial charge in [-0.2, -0.15) is 0 Å². The van der Waals surface area contributed by atoms with Gasteiger partial charge in [-0.25, -0.2) is 12.7 Å². The zero-order valence-electron chi connectivity index (χ0n) is 17.3. The zero-order chi connectivity index (χ0) is 20.5. The van der Waals surface area contributed by atoms with Gasteiger partial charge in [0.05, 0.1) is 12.0 Å². The Balaban J connectivity index is 2.09. The second kappa shape index (κ2) is 8.18. The van der Waals surface area contributed by atoms with Crippen LogP contribution in [0, 0.1) is 12.8 Å². The molecule has 1 atom stereocenters. The van der Waals surface area contributed by atoms with Crippen LogP contribution in [0.4, 0.5) is 0 Å². The first-order chi connectivity index (χ1) is 13.3. The summed E-state index contributed by atoms with van der Waals surface area (Å²) in [6.45, 7) is 11.3. The molecule has 2 aliphatic rings. The lowest BCUT2D eigenvalue weighted by atomic mass is 9.75.